The van der Waals surface area contributed by atoms with E-state index in [2.05, 4.69) is 54.3 Å². The first-order chi connectivity index (χ1) is 12.0. The molecule has 138 valence electrons. The van der Waals surface area contributed by atoms with E-state index in [9.17, 15) is 9.59 Å². The van der Waals surface area contributed by atoms with Crippen molar-refractivity contribution in [3.63, 3.8) is 0 Å². The molecule has 5 nitrogen and oxygen atoms in total. The van der Waals surface area contributed by atoms with Crippen molar-refractivity contribution in [2.45, 2.75) is 64.8 Å². The molecular weight excluding hydrogens is 314 g/mol. The van der Waals surface area contributed by atoms with Crippen LogP contribution in [0, 0.1) is 5.92 Å². The Hall–Kier alpha value is -1.88. The van der Waals surface area contributed by atoms with Gasteiger partial charge in [-0.15, -0.1) is 0 Å². The van der Waals surface area contributed by atoms with Gasteiger partial charge in [0.2, 0.25) is 5.91 Å². The first kappa shape index (κ1) is 19.4. The largest absolute Gasteiger partial charge is 0.301 e. The Morgan fingerprint density at radius 2 is 1.68 bits per heavy atom. The number of carbonyl (C=O) groups excluding carboxylic acids is 2. The summed E-state index contributed by atoms with van der Waals surface area (Å²) in [5.41, 5.74) is 7.32. The van der Waals surface area contributed by atoms with Gasteiger partial charge in [-0.3, -0.25) is 20.4 Å². The lowest BCUT2D eigenvalue weighted by atomic mass is 9.83. The second-order valence-electron chi connectivity index (χ2n) is 7.33. The molecule has 1 aliphatic carbocycles. The van der Waals surface area contributed by atoms with Crippen molar-refractivity contribution in [1.82, 2.24) is 16.2 Å². The number of nitrogens with one attached hydrogen (secondary N) is 3. The molecular formula is C20H31N3O2. The normalized spacial score (nSPS) is 16.5. The van der Waals surface area contributed by atoms with Crippen molar-refractivity contribution in [3.05, 3.63) is 35.4 Å². The molecule has 2 amide bonds. The van der Waals surface area contributed by atoms with Crippen LogP contribution in [0.3, 0.4) is 0 Å². The van der Waals surface area contributed by atoms with Crippen molar-refractivity contribution in [1.29, 1.82) is 0 Å². The fraction of sp³-hybridized carbons (Fsp3) is 0.600. The molecule has 1 aromatic rings. The molecule has 25 heavy (non-hydrogen) atoms. The van der Waals surface area contributed by atoms with E-state index in [0.29, 0.717) is 11.8 Å². The summed E-state index contributed by atoms with van der Waals surface area (Å²) < 4.78 is 0. The monoisotopic (exact) mass is 345 g/mol. The number of hydrazine groups is 1. The molecule has 3 N–H and O–H groups in total. The van der Waals surface area contributed by atoms with Gasteiger partial charge in [-0.1, -0.05) is 57.4 Å². The second-order valence-corrected chi connectivity index (χ2v) is 7.33. The van der Waals surface area contributed by atoms with Crippen LogP contribution in [0.4, 0.5) is 0 Å². The van der Waals surface area contributed by atoms with Crippen LogP contribution in [0.1, 0.15) is 76.0 Å². The summed E-state index contributed by atoms with van der Waals surface area (Å²) in [5, 5.41) is 3.29. The molecule has 1 aromatic carbocycles. The summed E-state index contributed by atoms with van der Waals surface area (Å²) in [7, 11) is 0. The van der Waals surface area contributed by atoms with Crippen molar-refractivity contribution in [2.75, 3.05) is 6.54 Å². The minimum Gasteiger partial charge on any atom is -0.301 e. The molecule has 0 saturated heterocycles. The van der Waals surface area contributed by atoms with Crippen LogP contribution >= 0.6 is 0 Å². The zero-order valence-corrected chi connectivity index (χ0v) is 15.6. The zero-order valence-electron chi connectivity index (χ0n) is 15.6. The van der Waals surface area contributed by atoms with Crippen LogP contribution in [-0.4, -0.2) is 18.4 Å². The van der Waals surface area contributed by atoms with Crippen molar-refractivity contribution >= 4 is 11.8 Å². The summed E-state index contributed by atoms with van der Waals surface area (Å²) in [6.45, 7) is 5.79. The lowest BCUT2D eigenvalue weighted by Crippen LogP contribution is -2.45. The summed E-state index contributed by atoms with van der Waals surface area (Å²) >= 11 is 0. The highest BCUT2D eigenvalue weighted by Gasteiger charge is 2.19. The van der Waals surface area contributed by atoms with Crippen LogP contribution < -0.4 is 16.2 Å². The lowest BCUT2D eigenvalue weighted by Gasteiger charge is -2.25. The predicted octanol–water partition coefficient (Wildman–Crippen LogP) is 3.19. The first-order valence-electron chi connectivity index (χ1n) is 9.36. The molecule has 2 rings (SSSR count). The topological polar surface area (TPSA) is 70.2 Å². The van der Waals surface area contributed by atoms with Crippen LogP contribution in [0.25, 0.3) is 0 Å². The van der Waals surface area contributed by atoms with Gasteiger partial charge in [0.1, 0.15) is 0 Å². The second kappa shape index (κ2) is 9.56. The van der Waals surface area contributed by atoms with Crippen LogP contribution in [0.15, 0.2) is 24.3 Å². The van der Waals surface area contributed by atoms with Gasteiger partial charge in [0.15, 0.2) is 0 Å². The summed E-state index contributed by atoms with van der Waals surface area (Å²) in [4.78, 5) is 22.6. The number of hydrogen-bond acceptors (Lipinski definition) is 3. The van der Waals surface area contributed by atoms with Gasteiger partial charge in [-0.05, 0) is 35.8 Å². The Bertz CT molecular complexity index is 563. The molecule has 1 fully saturated rings. The Labute approximate surface area is 150 Å². The highest BCUT2D eigenvalue weighted by atomic mass is 16.2. The third kappa shape index (κ3) is 6.16. The van der Waals surface area contributed by atoms with E-state index in [1.54, 1.807) is 0 Å². The van der Waals surface area contributed by atoms with Crippen LogP contribution in [0.2, 0.25) is 0 Å². The maximum Gasteiger partial charge on any atom is 0.252 e. The number of amides is 2. The quantitative estimate of drug-likeness (QED) is 0.694. The molecule has 1 atom stereocenters. The van der Waals surface area contributed by atoms with Gasteiger partial charge in [0.05, 0.1) is 6.54 Å². The minimum absolute atomic E-state index is 0.100. The molecule has 5 heteroatoms. The Morgan fingerprint density at radius 1 is 1.04 bits per heavy atom. The van der Waals surface area contributed by atoms with E-state index in [4.69, 9.17) is 0 Å². The maximum absolute atomic E-state index is 11.8. The molecule has 0 unspecified atom stereocenters. The Morgan fingerprint density at radius 3 is 2.24 bits per heavy atom. The van der Waals surface area contributed by atoms with Gasteiger partial charge in [-0.2, -0.15) is 0 Å². The molecule has 0 aromatic heterocycles. The van der Waals surface area contributed by atoms with E-state index in [0.717, 1.165) is 0 Å². The summed E-state index contributed by atoms with van der Waals surface area (Å²) in [6, 6.07) is 8.98. The standard InChI is InChI=1S/C20H31N3O2/c1-14(2)20(21-13-19(25)23-22-15(3)24)18-11-9-17(10-12-18)16-7-5-4-6-8-16/h9-12,14,16,20-21H,4-8,13H2,1-3H3,(H,22,24)(H,23,25)/t20-/m1/s1. The fourth-order valence-electron chi connectivity index (χ4n) is 3.55. The SMILES string of the molecule is CC(=O)NNC(=O)CN[C@@H](c1ccc(C2CCCCC2)cc1)C(C)C. The van der Waals surface area contributed by atoms with Crippen LogP contribution in [0.5, 0.6) is 0 Å². The molecule has 0 spiro atoms. The van der Waals surface area contributed by atoms with Crippen molar-refractivity contribution in [2.24, 2.45) is 5.92 Å². The number of rotatable bonds is 6. The van der Waals surface area contributed by atoms with Gasteiger partial charge in [-0.25, -0.2) is 0 Å². The highest BCUT2D eigenvalue weighted by Crippen LogP contribution is 2.33. The molecule has 1 saturated carbocycles. The fourth-order valence-corrected chi connectivity index (χ4v) is 3.55. The third-order valence-corrected chi connectivity index (χ3v) is 4.90. The molecule has 1 aliphatic rings. The average molecular weight is 345 g/mol. The Balaban J connectivity index is 1.94. The van der Waals surface area contributed by atoms with E-state index in [-0.39, 0.29) is 24.4 Å². The molecule has 0 radical (unpaired) electrons. The van der Waals surface area contributed by atoms with Crippen molar-refractivity contribution < 1.29 is 9.59 Å². The zero-order chi connectivity index (χ0) is 18.2. The van der Waals surface area contributed by atoms with E-state index < -0.39 is 0 Å². The Kier molecular flexibility index (Phi) is 7.44. The number of benzene rings is 1. The summed E-state index contributed by atoms with van der Waals surface area (Å²) in [6.07, 6.45) is 6.65. The molecule has 0 bridgehead atoms. The van der Waals surface area contributed by atoms with Crippen LogP contribution in [-0.2, 0) is 9.59 Å². The average Bonchev–Trinajstić information content (AvgIpc) is 2.61. The van der Waals surface area contributed by atoms with E-state index in [1.165, 1.54) is 50.2 Å². The van der Waals surface area contributed by atoms with Gasteiger partial charge in [0, 0.05) is 13.0 Å². The van der Waals surface area contributed by atoms with E-state index >= 15 is 0 Å². The van der Waals surface area contributed by atoms with Gasteiger partial charge in [0.25, 0.3) is 5.91 Å². The molecule has 0 aliphatic heterocycles. The lowest BCUT2D eigenvalue weighted by molar-refractivity contribution is -0.127. The van der Waals surface area contributed by atoms with Gasteiger partial charge >= 0.3 is 0 Å². The third-order valence-electron chi connectivity index (χ3n) is 4.90. The van der Waals surface area contributed by atoms with E-state index in [1.807, 2.05) is 0 Å². The van der Waals surface area contributed by atoms with Crippen molar-refractivity contribution in [3.8, 4) is 0 Å². The predicted molar refractivity (Wildman–Crippen MR) is 99.8 cm³/mol. The first-order valence-corrected chi connectivity index (χ1v) is 9.36. The highest BCUT2D eigenvalue weighted by molar-refractivity contribution is 5.81. The summed E-state index contributed by atoms with van der Waals surface area (Å²) in [5.74, 6) is 0.525. The number of carbonyl (C=O) groups is 2. The minimum atomic E-state index is -0.285. The molecule has 0 heterocycles. The smallest absolute Gasteiger partial charge is 0.252 e. The van der Waals surface area contributed by atoms with Gasteiger partial charge < -0.3 is 5.32 Å². The number of hydrogen-bond donors (Lipinski definition) is 3. The maximum atomic E-state index is 11.8.